The quantitative estimate of drug-likeness (QED) is 0.127. The van der Waals surface area contributed by atoms with Gasteiger partial charge in [-0.2, -0.15) is 0 Å². The molecule has 2 aromatic carbocycles. The number of aryl methyl sites for hydroxylation is 1. The molecule has 0 saturated heterocycles. The van der Waals surface area contributed by atoms with Gasteiger partial charge < -0.3 is 24.3 Å². The second-order valence-corrected chi connectivity index (χ2v) is 12.1. The first-order valence-corrected chi connectivity index (χ1v) is 15.6. The van der Waals surface area contributed by atoms with Crippen LogP contribution in [-0.4, -0.2) is 51.4 Å². The number of carbonyl (C=O) groups is 2. The summed E-state index contributed by atoms with van der Waals surface area (Å²) >= 11 is 13.4. The Morgan fingerprint density at radius 1 is 1.07 bits per heavy atom. The second kappa shape index (κ2) is 13.3. The van der Waals surface area contributed by atoms with Crippen LogP contribution in [0.1, 0.15) is 41.7 Å². The van der Waals surface area contributed by atoms with E-state index in [4.69, 9.17) is 27.9 Å². The molecule has 6 rings (SSSR count). The number of ether oxygens (including phenoxy) is 1. The van der Waals surface area contributed by atoms with Crippen molar-refractivity contribution in [3.63, 3.8) is 0 Å². The fourth-order valence-electron chi connectivity index (χ4n) is 6.02. The van der Waals surface area contributed by atoms with Crippen molar-refractivity contribution in [1.82, 2.24) is 19.3 Å². The summed E-state index contributed by atoms with van der Waals surface area (Å²) in [5.74, 6) is -3.44. The van der Waals surface area contributed by atoms with Gasteiger partial charge in [0.25, 0.3) is 0 Å². The smallest absolute Gasteiger partial charge is 0.248 e. The fraction of sp³-hybridized carbons (Fsp3) is 0.265. The van der Waals surface area contributed by atoms with E-state index in [0.717, 1.165) is 43.3 Å². The number of benzene rings is 2. The molecule has 12 heteroatoms. The summed E-state index contributed by atoms with van der Waals surface area (Å²) in [6.07, 6.45) is 10.3. The minimum Gasteiger partial charge on any atom is -0.381 e. The highest BCUT2D eigenvalue weighted by atomic mass is 35.5. The summed E-state index contributed by atoms with van der Waals surface area (Å²) < 4.78 is 39.0. The van der Waals surface area contributed by atoms with Crippen LogP contribution in [0.2, 0.25) is 10.0 Å². The Morgan fingerprint density at radius 2 is 1.80 bits per heavy atom. The van der Waals surface area contributed by atoms with Crippen molar-refractivity contribution >= 4 is 57.1 Å². The van der Waals surface area contributed by atoms with Gasteiger partial charge in [-0.1, -0.05) is 35.3 Å². The Balaban J connectivity index is 1.18. The highest BCUT2D eigenvalue weighted by Gasteiger charge is 2.23. The molecule has 1 aliphatic carbocycles. The van der Waals surface area contributed by atoms with E-state index in [9.17, 15) is 9.59 Å². The number of aromatic nitrogens is 3. The third-order valence-electron chi connectivity index (χ3n) is 8.46. The van der Waals surface area contributed by atoms with Crippen molar-refractivity contribution in [2.75, 3.05) is 19.0 Å². The van der Waals surface area contributed by atoms with Crippen LogP contribution in [0.4, 0.5) is 14.5 Å². The Morgan fingerprint density at radius 3 is 2.52 bits per heavy atom. The predicted octanol–water partition coefficient (Wildman–Crippen LogP) is 7.35. The maximum absolute atomic E-state index is 15.1. The largest absolute Gasteiger partial charge is 0.381 e. The zero-order valence-electron chi connectivity index (χ0n) is 25.1. The van der Waals surface area contributed by atoms with Crippen LogP contribution in [0.5, 0.6) is 0 Å². The standard InChI is InChI=1S/C34H31Cl2F2N5O3/c1-42-18-40-33-28(42)17-23(35)30(31(33)36)22-5-4-14-43-26(22)11-12-27(43)34(45)19-15-24(37)32(25(38)16-19)41-29(44)6-3-13-39-20-7-9-21(46-2)10-8-20/h3-6,11-12,14-18,20-21,39H,7-10,13H2,1-2H3,(H,41,44)/b6-3+. The SMILES string of the molecule is COC1CCC(NC/C=C/C(=O)Nc2c(F)cc(C(=O)c3ccc4c(-c5c(Cl)cc6c(ncn6C)c5Cl)cccn34)cc2F)CC1. The van der Waals surface area contributed by atoms with Gasteiger partial charge in [-0.25, -0.2) is 13.8 Å². The van der Waals surface area contributed by atoms with Crippen LogP contribution in [0, 0.1) is 11.6 Å². The molecule has 2 N–H and O–H groups in total. The van der Waals surface area contributed by atoms with Gasteiger partial charge in [0.1, 0.15) is 22.8 Å². The summed E-state index contributed by atoms with van der Waals surface area (Å²) in [5, 5.41) is 6.36. The van der Waals surface area contributed by atoms with Gasteiger partial charge in [0, 0.05) is 55.7 Å². The van der Waals surface area contributed by atoms with Crippen LogP contribution >= 0.6 is 23.2 Å². The van der Waals surface area contributed by atoms with E-state index in [2.05, 4.69) is 15.6 Å². The van der Waals surface area contributed by atoms with Crippen LogP contribution in [0.25, 0.3) is 27.7 Å². The van der Waals surface area contributed by atoms with Crippen molar-refractivity contribution in [3.8, 4) is 11.1 Å². The summed E-state index contributed by atoms with van der Waals surface area (Å²) in [6, 6.07) is 10.7. The van der Waals surface area contributed by atoms with E-state index < -0.39 is 29.0 Å². The summed E-state index contributed by atoms with van der Waals surface area (Å²) in [7, 11) is 3.56. The molecule has 0 spiro atoms. The molecule has 0 unspecified atom stereocenters. The van der Waals surface area contributed by atoms with E-state index in [1.807, 2.05) is 17.7 Å². The summed E-state index contributed by atoms with van der Waals surface area (Å²) in [6.45, 7) is 0.442. The van der Waals surface area contributed by atoms with Crippen molar-refractivity contribution in [2.24, 2.45) is 7.05 Å². The zero-order chi connectivity index (χ0) is 32.5. The van der Waals surface area contributed by atoms with Crippen LogP contribution in [-0.2, 0) is 16.6 Å². The number of rotatable bonds is 9. The molecule has 238 valence electrons. The third-order valence-corrected chi connectivity index (χ3v) is 9.13. The minimum absolute atomic E-state index is 0.171. The first-order valence-electron chi connectivity index (χ1n) is 14.8. The van der Waals surface area contributed by atoms with E-state index >= 15 is 8.78 Å². The molecule has 3 heterocycles. The number of imidazole rings is 1. The lowest BCUT2D eigenvalue weighted by molar-refractivity contribution is -0.112. The van der Waals surface area contributed by atoms with E-state index in [1.165, 1.54) is 6.08 Å². The summed E-state index contributed by atoms with van der Waals surface area (Å²) in [4.78, 5) is 30.3. The van der Waals surface area contributed by atoms with E-state index in [0.29, 0.717) is 50.9 Å². The lowest BCUT2D eigenvalue weighted by Gasteiger charge is -2.27. The van der Waals surface area contributed by atoms with Gasteiger partial charge >= 0.3 is 0 Å². The fourth-order valence-corrected chi connectivity index (χ4v) is 6.71. The van der Waals surface area contributed by atoms with Crippen molar-refractivity contribution in [3.05, 3.63) is 100 Å². The van der Waals surface area contributed by atoms with Gasteiger partial charge in [-0.3, -0.25) is 9.59 Å². The molecule has 0 aliphatic heterocycles. The van der Waals surface area contributed by atoms with Crippen LogP contribution in [0.3, 0.4) is 0 Å². The van der Waals surface area contributed by atoms with Crippen molar-refractivity contribution in [2.45, 2.75) is 37.8 Å². The Hall–Kier alpha value is -4.09. The number of fused-ring (bicyclic) bond motifs is 2. The average molecular weight is 667 g/mol. The lowest BCUT2D eigenvalue weighted by Crippen LogP contribution is -2.35. The van der Waals surface area contributed by atoms with Crippen LogP contribution < -0.4 is 10.6 Å². The van der Waals surface area contributed by atoms with Gasteiger partial charge in [-0.15, -0.1) is 0 Å². The normalized spacial score (nSPS) is 16.9. The number of halogens is 4. The maximum atomic E-state index is 15.1. The van der Waals surface area contributed by atoms with E-state index in [1.54, 1.807) is 54.4 Å². The number of methoxy groups -OCH3 is 1. The minimum atomic E-state index is -1.07. The van der Waals surface area contributed by atoms with Crippen molar-refractivity contribution < 1.29 is 23.1 Å². The highest BCUT2D eigenvalue weighted by molar-refractivity contribution is 6.43. The first kappa shape index (κ1) is 31.9. The van der Waals surface area contributed by atoms with Crippen molar-refractivity contribution in [1.29, 1.82) is 0 Å². The number of pyridine rings is 1. The molecule has 46 heavy (non-hydrogen) atoms. The number of anilines is 1. The van der Waals surface area contributed by atoms with E-state index in [-0.39, 0.29) is 11.3 Å². The monoisotopic (exact) mass is 665 g/mol. The van der Waals surface area contributed by atoms with Gasteiger partial charge in [0.2, 0.25) is 11.7 Å². The average Bonchev–Trinajstić information content (AvgIpc) is 3.65. The molecular weight excluding hydrogens is 635 g/mol. The highest BCUT2D eigenvalue weighted by Crippen LogP contribution is 2.41. The molecule has 5 aromatic rings. The predicted molar refractivity (Wildman–Crippen MR) is 176 cm³/mol. The third kappa shape index (κ3) is 6.18. The molecule has 1 saturated carbocycles. The second-order valence-electron chi connectivity index (χ2n) is 11.3. The topological polar surface area (TPSA) is 89.7 Å². The maximum Gasteiger partial charge on any atom is 0.248 e. The number of hydrogen-bond acceptors (Lipinski definition) is 5. The molecule has 1 aliphatic rings. The van der Waals surface area contributed by atoms with Crippen LogP contribution in [0.15, 0.2) is 67.1 Å². The molecule has 0 atom stereocenters. The zero-order valence-corrected chi connectivity index (χ0v) is 26.6. The van der Waals surface area contributed by atoms with Gasteiger partial charge in [0.05, 0.1) is 39.2 Å². The number of ketones is 1. The number of amides is 1. The molecule has 3 aromatic heterocycles. The summed E-state index contributed by atoms with van der Waals surface area (Å²) in [5.41, 5.74) is 2.49. The Labute approximate surface area is 274 Å². The Kier molecular flexibility index (Phi) is 9.24. The number of nitrogens with one attached hydrogen (secondary N) is 2. The molecule has 0 bridgehead atoms. The first-order chi connectivity index (χ1) is 22.2. The molecule has 0 radical (unpaired) electrons. The van der Waals surface area contributed by atoms with Gasteiger partial charge in [-0.05, 0) is 62.1 Å². The number of nitrogens with zero attached hydrogens (tertiary/aromatic N) is 3. The molecular formula is C34H31Cl2F2N5O3. The Bertz CT molecular complexity index is 1970. The number of carbonyl (C=O) groups excluding carboxylic acids is 2. The molecule has 8 nitrogen and oxygen atoms in total. The molecule has 1 amide bonds. The van der Waals surface area contributed by atoms with Gasteiger partial charge in [0.15, 0.2) is 0 Å². The lowest BCUT2D eigenvalue weighted by atomic mass is 9.93. The number of hydrogen-bond donors (Lipinski definition) is 2. The molecule has 1 fully saturated rings.